The molecule has 2 fully saturated rings. The topological polar surface area (TPSA) is 73.9 Å². The number of amides is 2. The number of nitrogens with zero attached hydrogens (tertiary/aromatic N) is 2. The molecule has 7 heteroatoms. The Labute approximate surface area is 186 Å². The van der Waals surface area contributed by atoms with Crippen LogP contribution in [0.3, 0.4) is 0 Å². The van der Waals surface area contributed by atoms with Crippen LogP contribution >= 0.6 is 0 Å². The van der Waals surface area contributed by atoms with Crippen LogP contribution in [-0.2, 0) is 14.3 Å². The molecule has 3 rings (SSSR count). The molecule has 2 saturated heterocycles. The number of carbonyl (C=O) groups is 2. The van der Waals surface area contributed by atoms with Crippen molar-refractivity contribution >= 4 is 17.5 Å². The first-order chi connectivity index (χ1) is 14.9. The van der Waals surface area contributed by atoms with Gasteiger partial charge in [-0.15, -0.1) is 0 Å². The van der Waals surface area contributed by atoms with E-state index in [1.807, 2.05) is 39.0 Å². The molecule has 2 N–H and O–H groups in total. The summed E-state index contributed by atoms with van der Waals surface area (Å²) in [6, 6.07) is 5.69. The fourth-order valence-electron chi connectivity index (χ4n) is 4.49. The van der Waals surface area contributed by atoms with Crippen molar-refractivity contribution in [1.29, 1.82) is 0 Å². The molecule has 2 amide bonds. The first kappa shape index (κ1) is 23.7. The van der Waals surface area contributed by atoms with Crippen molar-refractivity contribution in [1.82, 2.24) is 15.1 Å². The average molecular weight is 431 g/mol. The molecule has 1 atom stereocenters. The number of nitrogens with one attached hydrogen (secondary N) is 2. The summed E-state index contributed by atoms with van der Waals surface area (Å²) in [6.07, 6.45) is 3.50. The zero-order valence-corrected chi connectivity index (χ0v) is 19.3. The molecular weight excluding hydrogens is 392 g/mol. The van der Waals surface area contributed by atoms with E-state index in [-0.39, 0.29) is 24.4 Å². The van der Waals surface area contributed by atoms with Gasteiger partial charge in [0.2, 0.25) is 11.8 Å². The minimum atomic E-state index is -0.215. The largest absolute Gasteiger partial charge is 0.379 e. The smallest absolute Gasteiger partial charge is 0.243 e. The third kappa shape index (κ3) is 7.02. The van der Waals surface area contributed by atoms with Gasteiger partial charge >= 0.3 is 0 Å². The van der Waals surface area contributed by atoms with Gasteiger partial charge in [-0.05, 0) is 76.7 Å². The first-order valence-electron chi connectivity index (χ1n) is 11.6. The van der Waals surface area contributed by atoms with Crippen molar-refractivity contribution in [3.05, 3.63) is 29.3 Å². The van der Waals surface area contributed by atoms with E-state index in [2.05, 4.69) is 20.4 Å². The van der Waals surface area contributed by atoms with Crippen LogP contribution in [-0.4, -0.2) is 80.1 Å². The maximum absolute atomic E-state index is 12.6. The highest BCUT2D eigenvalue weighted by Crippen LogP contribution is 2.23. The van der Waals surface area contributed by atoms with Crippen LogP contribution in [0, 0.1) is 19.8 Å². The number of rotatable bonds is 8. The van der Waals surface area contributed by atoms with Crippen molar-refractivity contribution < 1.29 is 14.3 Å². The number of likely N-dealkylation sites (tertiary alicyclic amines) is 1. The van der Waals surface area contributed by atoms with Gasteiger partial charge in [0.05, 0.1) is 25.8 Å². The predicted molar refractivity (Wildman–Crippen MR) is 123 cm³/mol. The molecule has 0 aromatic heterocycles. The van der Waals surface area contributed by atoms with Gasteiger partial charge < -0.3 is 15.4 Å². The number of morpholine rings is 1. The number of carbonyl (C=O) groups excluding carboxylic acids is 2. The van der Waals surface area contributed by atoms with E-state index < -0.39 is 0 Å². The molecule has 0 aliphatic carbocycles. The number of ether oxygens (including phenoxy) is 1. The molecule has 0 spiro atoms. The number of hydrogen-bond donors (Lipinski definition) is 2. The molecule has 2 heterocycles. The fourth-order valence-corrected chi connectivity index (χ4v) is 4.49. The molecular formula is C24H38N4O3. The third-order valence-corrected chi connectivity index (χ3v) is 6.70. The lowest BCUT2D eigenvalue weighted by Crippen LogP contribution is -2.49. The number of anilines is 1. The molecule has 2 aliphatic heterocycles. The second kappa shape index (κ2) is 11.6. The Bertz CT molecular complexity index is 720. The summed E-state index contributed by atoms with van der Waals surface area (Å²) in [5, 5.41) is 5.73. The quantitative estimate of drug-likeness (QED) is 0.661. The normalized spacial score (nSPS) is 19.7. The molecule has 0 radical (unpaired) electrons. The lowest BCUT2D eigenvalue weighted by atomic mass is 9.92. The molecule has 1 aromatic rings. The van der Waals surface area contributed by atoms with Gasteiger partial charge in [0.1, 0.15) is 0 Å². The van der Waals surface area contributed by atoms with Gasteiger partial charge in [0.25, 0.3) is 0 Å². The van der Waals surface area contributed by atoms with Crippen LogP contribution in [0.1, 0.15) is 37.3 Å². The van der Waals surface area contributed by atoms with Crippen LogP contribution in [0.15, 0.2) is 18.2 Å². The Kier molecular flexibility index (Phi) is 8.87. The minimum Gasteiger partial charge on any atom is -0.379 e. The third-order valence-electron chi connectivity index (χ3n) is 6.70. The highest BCUT2D eigenvalue weighted by molar-refractivity contribution is 5.96. The fraction of sp³-hybridized carbons (Fsp3) is 0.667. The number of benzene rings is 1. The highest BCUT2D eigenvalue weighted by Gasteiger charge is 2.27. The van der Waals surface area contributed by atoms with Crippen LogP contribution in [0.4, 0.5) is 5.69 Å². The van der Waals surface area contributed by atoms with Crippen molar-refractivity contribution in [3.63, 3.8) is 0 Å². The van der Waals surface area contributed by atoms with E-state index in [4.69, 9.17) is 4.74 Å². The first-order valence-corrected chi connectivity index (χ1v) is 11.6. The van der Waals surface area contributed by atoms with E-state index in [1.54, 1.807) is 0 Å². The van der Waals surface area contributed by atoms with Gasteiger partial charge in [-0.3, -0.25) is 19.4 Å². The van der Waals surface area contributed by atoms with Crippen LogP contribution in [0.25, 0.3) is 0 Å². The Balaban J connectivity index is 1.36. The van der Waals surface area contributed by atoms with Crippen molar-refractivity contribution in [3.8, 4) is 0 Å². The second-order valence-electron chi connectivity index (χ2n) is 8.93. The van der Waals surface area contributed by atoms with Crippen molar-refractivity contribution in [2.75, 3.05) is 57.8 Å². The van der Waals surface area contributed by atoms with Crippen molar-refractivity contribution in [2.45, 2.75) is 46.1 Å². The van der Waals surface area contributed by atoms with Crippen molar-refractivity contribution in [2.24, 2.45) is 5.92 Å². The number of aryl methyl sites for hydroxylation is 2. The maximum Gasteiger partial charge on any atom is 0.243 e. The number of hydrogen-bond acceptors (Lipinski definition) is 5. The molecule has 0 saturated carbocycles. The Morgan fingerprint density at radius 3 is 2.39 bits per heavy atom. The minimum absolute atomic E-state index is 0.00698. The highest BCUT2D eigenvalue weighted by atomic mass is 16.5. The second-order valence-corrected chi connectivity index (χ2v) is 8.93. The van der Waals surface area contributed by atoms with Gasteiger partial charge in [-0.25, -0.2) is 0 Å². The number of piperidine rings is 1. The summed E-state index contributed by atoms with van der Waals surface area (Å²) in [4.78, 5) is 29.6. The zero-order chi connectivity index (χ0) is 22.2. The molecule has 31 heavy (non-hydrogen) atoms. The molecule has 7 nitrogen and oxygen atoms in total. The molecule has 1 aromatic carbocycles. The van der Waals surface area contributed by atoms with Crippen LogP contribution < -0.4 is 10.6 Å². The van der Waals surface area contributed by atoms with Gasteiger partial charge in [0.15, 0.2) is 0 Å². The summed E-state index contributed by atoms with van der Waals surface area (Å²) < 4.78 is 5.42. The summed E-state index contributed by atoms with van der Waals surface area (Å²) in [5.74, 6) is 0.459. The zero-order valence-electron chi connectivity index (χ0n) is 19.3. The Morgan fingerprint density at radius 1 is 1.10 bits per heavy atom. The van der Waals surface area contributed by atoms with Gasteiger partial charge in [-0.2, -0.15) is 0 Å². The van der Waals surface area contributed by atoms with Crippen LogP contribution in [0.5, 0.6) is 0 Å². The molecule has 1 unspecified atom stereocenters. The monoisotopic (exact) mass is 430 g/mol. The predicted octanol–water partition coefficient (Wildman–Crippen LogP) is 2.18. The maximum atomic E-state index is 12.6. The lowest BCUT2D eigenvalue weighted by Gasteiger charge is -2.36. The Hall–Kier alpha value is -1.96. The standard InChI is InChI=1S/C24H38N4O3/c1-18-5-4-6-19(2)23(18)26-22(29)17-25-24(30)20(3)28-11-8-21(9-12-28)7-10-27-13-15-31-16-14-27/h4-6,20-21H,7-17H2,1-3H3,(H,25,30)(H,26,29). The van der Waals surface area contributed by atoms with E-state index in [0.29, 0.717) is 0 Å². The molecule has 172 valence electrons. The molecule has 0 bridgehead atoms. The summed E-state index contributed by atoms with van der Waals surface area (Å²) in [6.45, 7) is 12.7. The molecule has 2 aliphatic rings. The summed E-state index contributed by atoms with van der Waals surface area (Å²) in [7, 11) is 0. The van der Waals surface area contributed by atoms with Crippen LogP contribution in [0.2, 0.25) is 0 Å². The lowest BCUT2D eigenvalue weighted by molar-refractivity contribution is -0.128. The average Bonchev–Trinajstić information content (AvgIpc) is 2.79. The van der Waals surface area contributed by atoms with E-state index in [1.165, 1.54) is 6.42 Å². The summed E-state index contributed by atoms with van der Waals surface area (Å²) >= 11 is 0. The van der Waals surface area contributed by atoms with Gasteiger partial charge in [-0.1, -0.05) is 18.2 Å². The SMILES string of the molecule is Cc1cccc(C)c1NC(=O)CNC(=O)C(C)N1CCC(CCN2CCOCC2)CC1. The Morgan fingerprint density at radius 2 is 1.74 bits per heavy atom. The van der Waals surface area contributed by atoms with E-state index >= 15 is 0 Å². The van der Waals surface area contributed by atoms with Gasteiger partial charge in [0, 0.05) is 18.8 Å². The van der Waals surface area contributed by atoms with E-state index in [0.717, 1.165) is 81.5 Å². The van der Waals surface area contributed by atoms with E-state index in [9.17, 15) is 9.59 Å². The summed E-state index contributed by atoms with van der Waals surface area (Å²) in [5.41, 5.74) is 2.86. The number of para-hydroxylation sites is 1.